The third kappa shape index (κ3) is 1.51. The van der Waals surface area contributed by atoms with Crippen LogP contribution in [0.25, 0.3) is 0 Å². The molecule has 12 heavy (non-hydrogen) atoms. The summed E-state index contributed by atoms with van der Waals surface area (Å²) < 4.78 is 0. The first-order chi connectivity index (χ1) is 5.86. The highest BCUT2D eigenvalue weighted by atomic mass is 15.1. The molecular formula is C11H14N. The number of nitrogens with zero attached hydrogens (tertiary/aromatic N) is 1. The lowest BCUT2D eigenvalue weighted by molar-refractivity contribution is 0.332. The minimum Gasteiger partial charge on any atom is -0.302 e. The Morgan fingerprint density at radius 2 is 2.33 bits per heavy atom. The standard InChI is InChI=1S/C11H14N/c1-12-8-4-7-10-5-2-3-6-11(10)9-12/h3,5-6H,4,7-9H2,1H3. The Kier molecular flexibility index (Phi) is 2.13. The van der Waals surface area contributed by atoms with Crippen molar-refractivity contribution in [1.29, 1.82) is 0 Å². The van der Waals surface area contributed by atoms with Gasteiger partial charge < -0.3 is 4.90 Å². The normalized spacial score (nSPS) is 18.4. The highest BCUT2D eigenvalue weighted by Crippen LogP contribution is 2.16. The van der Waals surface area contributed by atoms with Gasteiger partial charge in [0.15, 0.2) is 0 Å². The van der Waals surface area contributed by atoms with Gasteiger partial charge in [-0.15, -0.1) is 0 Å². The Balaban J connectivity index is 2.31. The number of benzene rings is 1. The summed E-state index contributed by atoms with van der Waals surface area (Å²) in [6.45, 7) is 2.32. The summed E-state index contributed by atoms with van der Waals surface area (Å²) in [6.07, 6.45) is 2.50. The highest BCUT2D eigenvalue weighted by molar-refractivity contribution is 5.27. The minimum absolute atomic E-state index is 1.10. The SMILES string of the molecule is CN1CCCc2c[c]ccc2C1. The van der Waals surface area contributed by atoms with Crippen LogP contribution in [-0.4, -0.2) is 18.5 Å². The molecule has 0 saturated carbocycles. The smallest absolute Gasteiger partial charge is 0.0233 e. The fourth-order valence-corrected chi connectivity index (χ4v) is 1.79. The quantitative estimate of drug-likeness (QED) is 0.560. The molecule has 0 aromatic heterocycles. The molecule has 1 aliphatic heterocycles. The van der Waals surface area contributed by atoms with Crippen LogP contribution in [0.5, 0.6) is 0 Å². The van der Waals surface area contributed by atoms with Crippen LogP contribution < -0.4 is 0 Å². The van der Waals surface area contributed by atoms with Crippen LogP contribution in [-0.2, 0) is 13.0 Å². The predicted molar refractivity (Wildman–Crippen MR) is 49.9 cm³/mol. The van der Waals surface area contributed by atoms with Gasteiger partial charge in [0.1, 0.15) is 0 Å². The van der Waals surface area contributed by atoms with Gasteiger partial charge in [0.2, 0.25) is 0 Å². The Morgan fingerprint density at radius 1 is 1.42 bits per heavy atom. The number of fused-ring (bicyclic) bond motifs is 1. The second kappa shape index (κ2) is 3.28. The van der Waals surface area contributed by atoms with E-state index in [9.17, 15) is 0 Å². The van der Waals surface area contributed by atoms with E-state index in [0.29, 0.717) is 0 Å². The van der Waals surface area contributed by atoms with Gasteiger partial charge in [-0.05, 0) is 43.6 Å². The Labute approximate surface area is 74.0 Å². The molecule has 1 aromatic carbocycles. The van der Waals surface area contributed by atoms with Gasteiger partial charge in [-0.3, -0.25) is 0 Å². The van der Waals surface area contributed by atoms with Gasteiger partial charge in [0, 0.05) is 6.54 Å². The monoisotopic (exact) mass is 160 g/mol. The molecule has 0 N–H and O–H groups in total. The molecule has 0 atom stereocenters. The maximum atomic E-state index is 3.14. The number of hydrogen-bond acceptors (Lipinski definition) is 1. The second-order valence-corrected chi connectivity index (χ2v) is 3.54. The van der Waals surface area contributed by atoms with Crippen molar-refractivity contribution in [3.63, 3.8) is 0 Å². The minimum atomic E-state index is 1.10. The number of rotatable bonds is 0. The maximum absolute atomic E-state index is 3.14. The van der Waals surface area contributed by atoms with Crippen molar-refractivity contribution in [2.45, 2.75) is 19.4 Å². The molecule has 0 saturated heterocycles. The van der Waals surface area contributed by atoms with Gasteiger partial charge >= 0.3 is 0 Å². The van der Waals surface area contributed by atoms with Crippen molar-refractivity contribution >= 4 is 0 Å². The molecule has 0 aliphatic carbocycles. The molecular weight excluding hydrogens is 146 g/mol. The summed E-state index contributed by atoms with van der Waals surface area (Å²) in [6, 6.07) is 9.48. The van der Waals surface area contributed by atoms with Gasteiger partial charge in [-0.2, -0.15) is 0 Å². The molecule has 0 amide bonds. The van der Waals surface area contributed by atoms with E-state index in [0.717, 1.165) is 6.54 Å². The first kappa shape index (κ1) is 7.81. The van der Waals surface area contributed by atoms with Crippen LogP contribution in [0.3, 0.4) is 0 Å². The first-order valence-corrected chi connectivity index (χ1v) is 4.52. The molecule has 0 fully saturated rings. The molecule has 0 unspecified atom stereocenters. The number of aryl methyl sites for hydroxylation is 1. The van der Waals surface area contributed by atoms with Gasteiger partial charge in [-0.1, -0.05) is 18.2 Å². The van der Waals surface area contributed by atoms with E-state index >= 15 is 0 Å². The molecule has 1 nitrogen and oxygen atoms in total. The van der Waals surface area contributed by atoms with E-state index in [1.165, 1.54) is 30.5 Å². The average Bonchev–Trinajstić information content (AvgIpc) is 2.25. The van der Waals surface area contributed by atoms with E-state index in [1.807, 2.05) is 6.07 Å². The van der Waals surface area contributed by atoms with Crippen LogP contribution >= 0.6 is 0 Å². The second-order valence-electron chi connectivity index (χ2n) is 3.54. The lowest BCUT2D eigenvalue weighted by Gasteiger charge is -2.12. The van der Waals surface area contributed by atoms with Crippen LogP contribution in [0.2, 0.25) is 0 Å². The largest absolute Gasteiger partial charge is 0.302 e. The summed E-state index contributed by atoms with van der Waals surface area (Å²) in [7, 11) is 2.19. The van der Waals surface area contributed by atoms with Crippen molar-refractivity contribution < 1.29 is 0 Å². The molecule has 0 bridgehead atoms. The zero-order chi connectivity index (χ0) is 8.39. The molecule has 1 aliphatic rings. The molecule has 1 heteroatoms. The topological polar surface area (TPSA) is 3.24 Å². The maximum Gasteiger partial charge on any atom is 0.0233 e. The van der Waals surface area contributed by atoms with Crippen molar-refractivity contribution in [2.24, 2.45) is 0 Å². The summed E-state index contributed by atoms with van der Waals surface area (Å²) in [5.41, 5.74) is 2.97. The van der Waals surface area contributed by atoms with Crippen LogP contribution in [0.1, 0.15) is 17.5 Å². The third-order valence-corrected chi connectivity index (χ3v) is 2.48. The first-order valence-electron chi connectivity index (χ1n) is 4.52. The summed E-state index contributed by atoms with van der Waals surface area (Å²) in [4.78, 5) is 2.38. The molecule has 1 heterocycles. The Bertz CT molecular complexity index is 267. The molecule has 2 rings (SSSR count). The van der Waals surface area contributed by atoms with Gasteiger partial charge in [-0.25, -0.2) is 0 Å². The molecule has 63 valence electrons. The third-order valence-electron chi connectivity index (χ3n) is 2.48. The lowest BCUT2D eigenvalue weighted by atomic mass is 10.0. The number of hydrogen-bond donors (Lipinski definition) is 0. The van der Waals surface area contributed by atoms with Crippen molar-refractivity contribution in [3.8, 4) is 0 Å². The van der Waals surface area contributed by atoms with Crippen LogP contribution in [0.15, 0.2) is 18.2 Å². The van der Waals surface area contributed by atoms with E-state index in [-0.39, 0.29) is 0 Å². The lowest BCUT2D eigenvalue weighted by Crippen LogP contribution is -2.16. The van der Waals surface area contributed by atoms with Gasteiger partial charge in [0.25, 0.3) is 0 Å². The van der Waals surface area contributed by atoms with Crippen molar-refractivity contribution in [1.82, 2.24) is 4.90 Å². The molecule has 0 spiro atoms. The van der Waals surface area contributed by atoms with Crippen LogP contribution in [0.4, 0.5) is 0 Å². The average molecular weight is 160 g/mol. The summed E-state index contributed by atoms with van der Waals surface area (Å²) >= 11 is 0. The Morgan fingerprint density at radius 3 is 3.25 bits per heavy atom. The van der Waals surface area contributed by atoms with Gasteiger partial charge in [0.05, 0.1) is 0 Å². The van der Waals surface area contributed by atoms with Crippen LogP contribution in [0, 0.1) is 6.07 Å². The molecule has 1 aromatic rings. The van der Waals surface area contributed by atoms with E-state index in [4.69, 9.17) is 0 Å². The zero-order valence-electron chi connectivity index (χ0n) is 7.51. The highest BCUT2D eigenvalue weighted by Gasteiger charge is 2.09. The van der Waals surface area contributed by atoms with E-state index in [1.54, 1.807) is 0 Å². The van der Waals surface area contributed by atoms with Crippen molar-refractivity contribution in [3.05, 3.63) is 35.4 Å². The van der Waals surface area contributed by atoms with E-state index in [2.05, 4.69) is 30.1 Å². The fourth-order valence-electron chi connectivity index (χ4n) is 1.79. The fraction of sp³-hybridized carbons (Fsp3) is 0.455. The predicted octanol–water partition coefficient (Wildman–Crippen LogP) is 1.86. The Hall–Kier alpha value is -0.820. The van der Waals surface area contributed by atoms with Crippen molar-refractivity contribution in [2.75, 3.05) is 13.6 Å². The van der Waals surface area contributed by atoms with E-state index < -0.39 is 0 Å². The zero-order valence-corrected chi connectivity index (χ0v) is 7.51. The summed E-state index contributed by atoms with van der Waals surface area (Å²) in [5.74, 6) is 0. The summed E-state index contributed by atoms with van der Waals surface area (Å²) in [5, 5.41) is 0. The molecule has 1 radical (unpaired) electrons.